The average molecular weight is 281 g/mol. The summed E-state index contributed by atoms with van der Waals surface area (Å²) in [5, 5.41) is 0.444. The van der Waals surface area contributed by atoms with Crippen LogP contribution in [0.2, 0.25) is 5.02 Å². The minimum Gasteiger partial charge on any atom is -0.399 e. The summed E-state index contributed by atoms with van der Waals surface area (Å²) in [4.78, 5) is 14.6. The fourth-order valence-electron chi connectivity index (χ4n) is 2.82. The number of nitrogen functional groups attached to an aromatic ring is 1. The number of carbonyl (C=O) groups excluding carboxylic acids is 1. The minimum atomic E-state index is 0.0272. The number of amides is 1. The molecule has 0 unspecified atom stereocenters. The van der Waals surface area contributed by atoms with E-state index < -0.39 is 0 Å². The van der Waals surface area contributed by atoms with E-state index in [9.17, 15) is 4.79 Å². The fourth-order valence-corrected chi connectivity index (χ4v) is 3.09. The summed E-state index contributed by atoms with van der Waals surface area (Å²) in [7, 11) is 0. The van der Waals surface area contributed by atoms with Crippen LogP contribution in [0.25, 0.3) is 0 Å². The molecule has 1 aliphatic carbocycles. The summed E-state index contributed by atoms with van der Waals surface area (Å²) in [6.07, 6.45) is 5.91. The number of halogens is 1. The average Bonchev–Trinajstić information content (AvgIpc) is 2.40. The SMILES string of the molecule is CCN(C(=O)c1ccc(N)cc1Cl)C1CCCCC1. The van der Waals surface area contributed by atoms with E-state index in [1.165, 1.54) is 19.3 Å². The maximum absolute atomic E-state index is 12.6. The molecule has 0 spiro atoms. The van der Waals surface area contributed by atoms with Gasteiger partial charge in [-0.1, -0.05) is 30.9 Å². The molecule has 0 aliphatic heterocycles. The molecule has 0 saturated heterocycles. The topological polar surface area (TPSA) is 46.3 Å². The Labute approximate surface area is 119 Å². The van der Waals surface area contributed by atoms with Crippen molar-refractivity contribution in [2.24, 2.45) is 0 Å². The Morgan fingerprint density at radius 1 is 1.37 bits per heavy atom. The minimum absolute atomic E-state index is 0.0272. The van der Waals surface area contributed by atoms with Gasteiger partial charge in [-0.25, -0.2) is 0 Å². The number of benzene rings is 1. The van der Waals surface area contributed by atoms with E-state index in [4.69, 9.17) is 17.3 Å². The second-order valence-electron chi connectivity index (χ2n) is 5.12. The van der Waals surface area contributed by atoms with E-state index in [-0.39, 0.29) is 5.91 Å². The van der Waals surface area contributed by atoms with Crippen LogP contribution in [-0.2, 0) is 0 Å². The first-order valence-corrected chi connectivity index (χ1v) is 7.37. The van der Waals surface area contributed by atoms with Crippen LogP contribution in [0.5, 0.6) is 0 Å². The lowest BCUT2D eigenvalue weighted by atomic mass is 9.93. The zero-order chi connectivity index (χ0) is 13.8. The summed E-state index contributed by atoms with van der Waals surface area (Å²) in [5.41, 5.74) is 6.81. The van der Waals surface area contributed by atoms with Gasteiger partial charge in [0.1, 0.15) is 0 Å². The molecule has 1 amide bonds. The summed E-state index contributed by atoms with van der Waals surface area (Å²) in [6, 6.07) is 5.46. The van der Waals surface area contributed by atoms with Crippen LogP contribution >= 0.6 is 11.6 Å². The second kappa shape index (κ2) is 6.29. The van der Waals surface area contributed by atoms with Crippen LogP contribution in [0.4, 0.5) is 5.69 Å². The molecule has 1 fully saturated rings. The van der Waals surface area contributed by atoms with Gasteiger partial charge in [-0.3, -0.25) is 4.79 Å². The zero-order valence-corrected chi connectivity index (χ0v) is 12.1. The maximum atomic E-state index is 12.6. The highest BCUT2D eigenvalue weighted by Gasteiger charge is 2.26. The summed E-state index contributed by atoms with van der Waals surface area (Å²) >= 11 is 6.14. The number of carbonyl (C=O) groups is 1. The fraction of sp³-hybridized carbons (Fsp3) is 0.533. The third kappa shape index (κ3) is 3.21. The monoisotopic (exact) mass is 280 g/mol. The maximum Gasteiger partial charge on any atom is 0.255 e. The summed E-state index contributed by atoms with van der Waals surface area (Å²) in [6.45, 7) is 2.75. The van der Waals surface area contributed by atoms with Gasteiger partial charge in [0.05, 0.1) is 10.6 Å². The normalized spacial score (nSPS) is 16.3. The third-order valence-corrected chi connectivity index (χ3v) is 4.15. The molecule has 1 aliphatic rings. The smallest absolute Gasteiger partial charge is 0.255 e. The van der Waals surface area contributed by atoms with E-state index in [1.54, 1.807) is 18.2 Å². The molecule has 1 aromatic rings. The van der Waals surface area contributed by atoms with Gasteiger partial charge >= 0.3 is 0 Å². The highest BCUT2D eigenvalue weighted by atomic mass is 35.5. The Morgan fingerprint density at radius 2 is 2.05 bits per heavy atom. The highest BCUT2D eigenvalue weighted by molar-refractivity contribution is 6.34. The Bertz CT molecular complexity index is 455. The van der Waals surface area contributed by atoms with E-state index >= 15 is 0 Å². The molecule has 2 rings (SSSR count). The number of hydrogen-bond donors (Lipinski definition) is 1. The molecule has 0 heterocycles. The molecule has 4 heteroatoms. The van der Waals surface area contributed by atoms with Gasteiger partial charge in [0.15, 0.2) is 0 Å². The van der Waals surface area contributed by atoms with E-state index in [1.807, 2.05) is 11.8 Å². The standard InChI is InChI=1S/C15H21ClN2O/c1-2-18(12-6-4-3-5-7-12)15(19)13-9-8-11(17)10-14(13)16/h8-10,12H,2-7,17H2,1H3. The van der Waals surface area contributed by atoms with Crippen molar-refractivity contribution in [2.75, 3.05) is 12.3 Å². The van der Waals surface area contributed by atoms with E-state index in [0.29, 0.717) is 22.3 Å². The number of anilines is 1. The molecule has 1 aromatic carbocycles. The van der Waals surface area contributed by atoms with Gasteiger partial charge in [0, 0.05) is 18.3 Å². The molecule has 3 nitrogen and oxygen atoms in total. The van der Waals surface area contributed by atoms with Gasteiger partial charge in [-0.2, -0.15) is 0 Å². The summed E-state index contributed by atoms with van der Waals surface area (Å²) < 4.78 is 0. The van der Waals surface area contributed by atoms with Crippen LogP contribution in [0.1, 0.15) is 49.4 Å². The third-order valence-electron chi connectivity index (χ3n) is 3.84. The molecular formula is C15H21ClN2O. The van der Waals surface area contributed by atoms with Crippen molar-refractivity contribution in [3.8, 4) is 0 Å². The van der Waals surface area contributed by atoms with Crippen LogP contribution in [0.15, 0.2) is 18.2 Å². The van der Waals surface area contributed by atoms with Crippen LogP contribution in [-0.4, -0.2) is 23.4 Å². The molecule has 0 radical (unpaired) electrons. The van der Waals surface area contributed by atoms with Crippen LogP contribution < -0.4 is 5.73 Å². The Kier molecular flexibility index (Phi) is 4.70. The van der Waals surface area contributed by atoms with Crippen molar-refractivity contribution in [1.82, 2.24) is 4.90 Å². The molecule has 0 aromatic heterocycles. The van der Waals surface area contributed by atoms with Crippen molar-refractivity contribution in [2.45, 2.75) is 45.1 Å². The Morgan fingerprint density at radius 3 is 2.63 bits per heavy atom. The molecule has 1 saturated carbocycles. The lowest BCUT2D eigenvalue weighted by molar-refractivity contribution is 0.0648. The molecule has 0 bridgehead atoms. The van der Waals surface area contributed by atoms with Gasteiger partial charge in [0.25, 0.3) is 5.91 Å². The molecule has 19 heavy (non-hydrogen) atoms. The quantitative estimate of drug-likeness (QED) is 0.858. The van der Waals surface area contributed by atoms with Gasteiger partial charge in [0.2, 0.25) is 0 Å². The molecule has 0 atom stereocenters. The summed E-state index contributed by atoms with van der Waals surface area (Å²) in [5.74, 6) is 0.0272. The first-order valence-electron chi connectivity index (χ1n) is 6.99. The number of hydrogen-bond acceptors (Lipinski definition) is 2. The predicted octanol–water partition coefficient (Wildman–Crippen LogP) is 3.72. The van der Waals surface area contributed by atoms with Gasteiger partial charge in [-0.05, 0) is 38.0 Å². The van der Waals surface area contributed by atoms with Crippen molar-refractivity contribution in [1.29, 1.82) is 0 Å². The van der Waals surface area contributed by atoms with Gasteiger partial charge in [-0.15, -0.1) is 0 Å². The lowest BCUT2D eigenvalue weighted by Crippen LogP contribution is -2.41. The van der Waals surface area contributed by atoms with E-state index in [0.717, 1.165) is 19.4 Å². The van der Waals surface area contributed by atoms with E-state index in [2.05, 4.69) is 0 Å². The highest BCUT2D eigenvalue weighted by Crippen LogP contribution is 2.26. The Balaban J connectivity index is 2.19. The van der Waals surface area contributed by atoms with Crippen molar-refractivity contribution in [3.63, 3.8) is 0 Å². The largest absolute Gasteiger partial charge is 0.399 e. The van der Waals surface area contributed by atoms with Crippen molar-refractivity contribution >= 4 is 23.2 Å². The predicted molar refractivity (Wildman–Crippen MR) is 79.4 cm³/mol. The zero-order valence-electron chi connectivity index (χ0n) is 11.4. The molecule has 104 valence electrons. The van der Waals surface area contributed by atoms with Crippen molar-refractivity contribution in [3.05, 3.63) is 28.8 Å². The van der Waals surface area contributed by atoms with Crippen molar-refractivity contribution < 1.29 is 4.79 Å². The first-order chi connectivity index (χ1) is 9.13. The Hall–Kier alpha value is -1.22. The van der Waals surface area contributed by atoms with Gasteiger partial charge < -0.3 is 10.6 Å². The lowest BCUT2D eigenvalue weighted by Gasteiger charge is -2.33. The molecular weight excluding hydrogens is 260 g/mol. The number of rotatable bonds is 3. The second-order valence-corrected chi connectivity index (χ2v) is 5.53. The van der Waals surface area contributed by atoms with Crippen LogP contribution in [0.3, 0.4) is 0 Å². The first kappa shape index (κ1) is 14.2. The molecule has 2 N–H and O–H groups in total. The number of nitrogens with two attached hydrogens (primary N) is 1. The number of nitrogens with zero attached hydrogens (tertiary/aromatic N) is 1. The van der Waals surface area contributed by atoms with Crippen LogP contribution in [0, 0.1) is 0 Å².